The minimum Gasteiger partial charge on any atom is 0 e. The summed E-state index contributed by atoms with van der Waals surface area (Å²) in [4.78, 5) is 0. The van der Waals surface area contributed by atoms with Crippen molar-refractivity contribution in [3.05, 3.63) is 0 Å². The van der Waals surface area contributed by atoms with Gasteiger partial charge in [-0.25, -0.2) is 0 Å². The summed E-state index contributed by atoms with van der Waals surface area (Å²) in [6, 6.07) is 0. The molecule has 4 heteroatoms. The van der Waals surface area contributed by atoms with Crippen molar-refractivity contribution in [3.63, 3.8) is 0 Å². The summed E-state index contributed by atoms with van der Waals surface area (Å²) in [7, 11) is 0. The molecule has 0 aliphatic carbocycles. The van der Waals surface area contributed by atoms with Gasteiger partial charge in [-0.2, -0.15) is 0 Å². The van der Waals surface area contributed by atoms with Gasteiger partial charge < -0.3 is 0 Å². The van der Waals surface area contributed by atoms with Crippen LogP contribution in [-0.4, -0.2) is 8.41 Å². The molecule has 0 heterocycles. The Morgan fingerprint density at radius 1 is 1.00 bits per heavy atom. The molecule has 0 fully saturated rings. The molecule has 0 bridgehead atoms. The summed E-state index contributed by atoms with van der Waals surface area (Å²) >= 11 is 0. The molecule has 0 spiro atoms. The molecule has 0 aromatic rings. The molecule has 25 valence electrons. The van der Waals surface area contributed by atoms with Crippen molar-refractivity contribution in [3.8, 4) is 0 Å². The van der Waals surface area contributed by atoms with Gasteiger partial charge in [-0.15, -0.1) is 0 Å². The minimum atomic E-state index is 0. The third-order valence-electron chi connectivity index (χ3n) is 0. The maximum absolute atomic E-state index is 0. The fourth-order valence-electron chi connectivity index (χ4n) is 0. The summed E-state index contributed by atoms with van der Waals surface area (Å²) in [5.74, 6) is 0. The molecule has 0 aliphatic rings. The first-order chi connectivity index (χ1) is 0. The zero-order valence-corrected chi connectivity index (χ0v) is 8.09. The van der Waals surface area contributed by atoms with Crippen molar-refractivity contribution < 1.29 is 96.1 Å². The molecular weight excluding hydrogens is 373 g/mol. The quantitative estimate of drug-likeness (QED) is 0.508. The molecule has 0 atom stereocenters. The van der Waals surface area contributed by atoms with Crippen molar-refractivity contribution in [1.29, 1.82) is 0 Å². The monoisotopic (exact) mass is 373 g/mol. The van der Waals surface area contributed by atoms with Gasteiger partial charge in [-0.05, 0) is 0 Å². The van der Waals surface area contributed by atoms with Gasteiger partial charge in [0.2, 0.25) is 0 Å². The van der Waals surface area contributed by atoms with E-state index < -0.39 is 0 Å². The fraction of sp³-hybridized carbons (Fsp3) is 0. The second-order valence-electron chi connectivity index (χ2n) is 0. The van der Waals surface area contributed by atoms with E-state index in [0.717, 1.165) is 0 Å². The number of hydrogen-bond acceptors (Lipinski definition) is 0. The molecule has 0 aromatic heterocycles. The summed E-state index contributed by atoms with van der Waals surface area (Å²) in [6.45, 7) is 0. The van der Waals surface area contributed by atoms with Crippen LogP contribution in [0.4, 0.5) is 0 Å². The van der Waals surface area contributed by atoms with E-state index in [0.29, 0.717) is 0 Å². The van der Waals surface area contributed by atoms with Crippen LogP contribution in [0.5, 0.6) is 0 Å². The van der Waals surface area contributed by atoms with Gasteiger partial charge in [0.1, 0.15) is 0 Å². The first-order valence-corrected chi connectivity index (χ1v) is 0. The van der Waals surface area contributed by atoms with Gasteiger partial charge in [0.15, 0.2) is 0 Å². The van der Waals surface area contributed by atoms with Crippen molar-refractivity contribution in [2.75, 3.05) is 0 Å². The molecule has 0 aromatic carbocycles. The molecule has 4 heavy (non-hydrogen) atoms. The molecular formula is BDyFeNd. The summed E-state index contributed by atoms with van der Waals surface area (Å²) in [6.07, 6.45) is 0. The molecule has 0 nitrogen and oxygen atoms in total. The Labute approximate surface area is 102 Å². The maximum atomic E-state index is 0. The van der Waals surface area contributed by atoms with Crippen LogP contribution in [0.2, 0.25) is 0 Å². The zero-order valence-electron chi connectivity index (χ0n) is 1.75. The van der Waals surface area contributed by atoms with Gasteiger partial charge >= 0.3 is 0 Å². The van der Waals surface area contributed by atoms with E-state index >= 15 is 0 Å². The molecule has 0 saturated carbocycles. The summed E-state index contributed by atoms with van der Waals surface area (Å²) in [5, 5.41) is 0. The average molecular weight is 373 g/mol. The van der Waals surface area contributed by atoms with Gasteiger partial charge in [-0.1, -0.05) is 0 Å². The van der Waals surface area contributed by atoms with Crippen LogP contribution < -0.4 is 0 Å². The van der Waals surface area contributed by atoms with Crippen LogP contribution in [-0.2, 0) is 17.1 Å². The normalized spacial score (nSPS) is 0. The van der Waals surface area contributed by atoms with Crippen molar-refractivity contribution in [2.45, 2.75) is 0 Å². The second-order valence-corrected chi connectivity index (χ2v) is 0. The first-order valence-electron chi connectivity index (χ1n) is 0. The third-order valence-corrected chi connectivity index (χ3v) is 0. The Balaban J connectivity index is 0. The van der Waals surface area contributed by atoms with Crippen molar-refractivity contribution >= 4 is 8.41 Å². The Morgan fingerprint density at radius 2 is 1.00 bits per heavy atom. The summed E-state index contributed by atoms with van der Waals surface area (Å²) in [5.41, 5.74) is 0. The molecule has 0 saturated heterocycles. The Kier molecular flexibility index (Phi) is 110. The SMILES string of the molecule is [B].[Dy].[Fe].[Nd]. The largest absolute Gasteiger partial charge is 0 e. The number of rotatable bonds is 0. The van der Waals surface area contributed by atoms with Gasteiger partial charge in [-0.3, -0.25) is 0 Å². The van der Waals surface area contributed by atoms with Gasteiger partial charge in [0.25, 0.3) is 0 Å². The van der Waals surface area contributed by atoms with Crippen LogP contribution in [0.1, 0.15) is 0 Å². The Bertz CT molecular complexity index is 8.00. The minimum absolute atomic E-state index is 0. The predicted octanol–water partition coefficient (Wildman–Crippen LogP) is -0.383. The second kappa shape index (κ2) is 16.4. The molecule has 0 unspecified atom stereocenters. The number of hydrogen-bond donors (Lipinski definition) is 0. The van der Waals surface area contributed by atoms with Crippen molar-refractivity contribution in [1.82, 2.24) is 0 Å². The predicted molar refractivity (Wildman–Crippen MR) is 5.75 cm³/mol. The van der Waals surface area contributed by atoms with Crippen LogP contribution in [0, 0.1) is 79.0 Å². The van der Waals surface area contributed by atoms with Crippen molar-refractivity contribution in [2.24, 2.45) is 0 Å². The first kappa shape index (κ1) is 27.0. The Morgan fingerprint density at radius 3 is 1.00 bits per heavy atom. The maximum Gasteiger partial charge on any atom is 0 e. The fourth-order valence-corrected chi connectivity index (χ4v) is 0. The van der Waals surface area contributed by atoms with E-state index in [4.69, 9.17) is 0 Å². The smallest absolute Gasteiger partial charge is 0 e. The molecule has 0 N–H and O–H groups in total. The molecule has 0 aliphatic heterocycles. The van der Waals surface area contributed by atoms with E-state index in [1.54, 1.807) is 0 Å². The Hall–Kier alpha value is 3.21. The molecule has 0 rings (SSSR count). The van der Waals surface area contributed by atoms with E-state index in [-0.39, 0.29) is 104 Å². The third kappa shape index (κ3) is 8.96. The topological polar surface area (TPSA) is 0 Å². The molecule has 0 amide bonds. The van der Waals surface area contributed by atoms with Crippen LogP contribution >= 0.6 is 0 Å². The molecule has 3 radical (unpaired) electrons. The zero-order chi connectivity index (χ0) is 0. The van der Waals surface area contributed by atoms with Crippen LogP contribution in [0.15, 0.2) is 0 Å². The summed E-state index contributed by atoms with van der Waals surface area (Å²) < 4.78 is 0. The van der Waals surface area contributed by atoms with Crippen LogP contribution in [0.3, 0.4) is 0 Å². The van der Waals surface area contributed by atoms with E-state index in [1.807, 2.05) is 0 Å². The van der Waals surface area contributed by atoms with Gasteiger partial charge in [0.05, 0.1) is 0 Å². The van der Waals surface area contributed by atoms with Crippen LogP contribution in [0.25, 0.3) is 0 Å². The average Bonchev–Trinajstić information content (AvgIpc) is 0. The van der Waals surface area contributed by atoms with E-state index in [2.05, 4.69) is 0 Å². The van der Waals surface area contributed by atoms with E-state index in [9.17, 15) is 0 Å². The standard InChI is InChI=1S/B.Dy.Fe.Nd. The van der Waals surface area contributed by atoms with Gasteiger partial charge in [0, 0.05) is 104 Å². The van der Waals surface area contributed by atoms with E-state index in [1.165, 1.54) is 0 Å².